The topological polar surface area (TPSA) is 73.1 Å². The average Bonchev–Trinajstić information content (AvgIpc) is 3.06. The molecule has 6 heteroatoms. The number of hydrogen-bond donors (Lipinski definition) is 0. The highest BCUT2D eigenvalue weighted by Gasteiger charge is 2.32. The lowest BCUT2D eigenvalue weighted by Crippen LogP contribution is -2.04. The zero-order chi connectivity index (χ0) is 14.7. The first kappa shape index (κ1) is 14.3. The Bertz CT molecular complexity index is 695. The summed E-state index contributed by atoms with van der Waals surface area (Å²) >= 11 is 0. The molecule has 1 aromatic heterocycles. The normalized spacial score (nSPS) is 20.7. The highest BCUT2D eigenvalue weighted by atomic mass is 32.2. The Labute approximate surface area is 124 Å². The number of aryl methyl sites for hydroxylation is 2. The molecule has 1 unspecified atom stereocenters. The van der Waals surface area contributed by atoms with Crippen molar-refractivity contribution in [3.63, 3.8) is 0 Å². The minimum Gasteiger partial charge on any atom is -0.339 e. The molecule has 21 heavy (non-hydrogen) atoms. The lowest BCUT2D eigenvalue weighted by Gasteiger charge is -1.99. The van der Waals surface area contributed by atoms with Crippen LogP contribution in [0.3, 0.4) is 0 Å². The van der Waals surface area contributed by atoms with Gasteiger partial charge < -0.3 is 4.52 Å². The van der Waals surface area contributed by atoms with E-state index in [1.165, 1.54) is 5.56 Å². The summed E-state index contributed by atoms with van der Waals surface area (Å²) in [4.78, 5) is 4.35. The Hall–Kier alpha value is -1.69. The van der Waals surface area contributed by atoms with Crippen molar-refractivity contribution in [1.29, 1.82) is 0 Å². The SMILES string of the molecule is O=S1(=O)CCC(c2nc(CCCc3ccccc3)no2)C1. The third kappa shape index (κ3) is 3.69. The summed E-state index contributed by atoms with van der Waals surface area (Å²) < 4.78 is 28.1. The standard InChI is InChI=1S/C15H18N2O3S/c18-21(19)10-9-13(11-21)15-16-14(17-20-15)8-4-7-12-5-2-1-3-6-12/h1-3,5-6,13H,4,7-11H2. The van der Waals surface area contributed by atoms with Crippen LogP contribution in [0.25, 0.3) is 0 Å². The Morgan fingerprint density at radius 2 is 2.00 bits per heavy atom. The molecule has 112 valence electrons. The Morgan fingerprint density at radius 1 is 1.19 bits per heavy atom. The Morgan fingerprint density at radius 3 is 2.71 bits per heavy atom. The lowest BCUT2D eigenvalue weighted by molar-refractivity contribution is 0.356. The highest BCUT2D eigenvalue weighted by Crippen LogP contribution is 2.27. The summed E-state index contributed by atoms with van der Waals surface area (Å²) in [6, 6.07) is 10.3. The summed E-state index contributed by atoms with van der Waals surface area (Å²) in [6.07, 6.45) is 3.26. The number of aromatic nitrogens is 2. The van der Waals surface area contributed by atoms with Crippen molar-refractivity contribution in [3.8, 4) is 0 Å². The molecule has 1 aromatic carbocycles. The van der Waals surface area contributed by atoms with Gasteiger partial charge >= 0.3 is 0 Å². The van der Waals surface area contributed by atoms with Crippen LogP contribution in [0.5, 0.6) is 0 Å². The third-order valence-corrected chi connectivity index (χ3v) is 5.54. The van der Waals surface area contributed by atoms with Crippen LogP contribution in [-0.4, -0.2) is 30.1 Å². The second-order valence-corrected chi connectivity index (χ2v) is 7.72. The quantitative estimate of drug-likeness (QED) is 0.846. The molecular formula is C15H18N2O3S. The molecule has 2 aromatic rings. The molecule has 1 atom stereocenters. The Kier molecular flexibility index (Phi) is 4.05. The summed E-state index contributed by atoms with van der Waals surface area (Å²) in [5, 5.41) is 3.96. The van der Waals surface area contributed by atoms with Gasteiger partial charge in [-0.25, -0.2) is 8.42 Å². The van der Waals surface area contributed by atoms with Crippen LogP contribution in [-0.2, 0) is 22.7 Å². The zero-order valence-corrected chi connectivity index (χ0v) is 12.6. The van der Waals surface area contributed by atoms with E-state index in [0.717, 1.165) is 19.3 Å². The van der Waals surface area contributed by atoms with Gasteiger partial charge in [-0.3, -0.25) is 0 Å². The molecule has 5 nitrogen and oxygen atoms in total. The predicted octanol–water partition coefficient (Wildman–Crippen LogP) is 2.15. The van der Waals surface area contributed by atoms with Gasteiger partial charge in [0.05, 0.1) is 17.4 Å². The molecule has 3 rings (SSSR count). The van der Waals surface area contributed by atoms with Crippen molar-refractivity contribution in [2.75, 3.05) is 11.5 Å². The second kappa shape index (κ2) is 5.97. The summed E-state index contributed by atoms with van der Waals surface area (Å²) in [5.41, 5.74) is 1.29. The largest absolute Gasteiger partial charge is 0.339 e. The van der Waals surface area contributed by atoms with Gasteiger partial charge in [0.2, 0.25) is 5.89 Å². The van der Waals surface area contributed by atoms with Crippen molar-refractivity contribution in [3.05, 3.63) is 47.6 Å². The van der Waals surface area contributed by atoms with Gasteiger partial charge in [0.15, 0.2) is 15.7 Å². The molecule has 0 bridgehead atoms. The summed E-state index contributed by atoms with van der Waals surface area (Å²) in [7, 11) is -2.92. The molecule has 0 amide bonds. The molecule has 2 heterocycles. The number of sulfone groups is 1. The lowest BCUT2D eigenvalue weighted by atomic mass is 10.1. The van der Waals surface area contributed by atoms with Crippen molar-refractivity contribution < 1.29 is 12.9 Å². The van der Waals surface area contributed by atoms with E-state index in [2.05, 4.69) is 22.3 Å². The molecule has 0 N–H and O–H groups in total. The maximum Gasteiger partial charge on any atom is 0.230 e. The van der Waals surface area contributed by atoms with Gasteiger partial charge in [-0.2, -0.15) is 4.98 Å². The van der Waals surface area contributed by atoms with E-state index < -0.39 is 9.84 Å². The van der Waals surface area contributed by atoms with Crippen molar-refractivity contribution in [2.45, 2.75) is 31.6 Å². The van der Waals surface area contributed by atoms with Crippen LogP contribution >= 0.6 is 0 Å². The molecule has 0 spiro atoms. The second-order valence-electron chi connectivity index (χ2n) is 5.49. The smallest absolute Gasteiger partial charge is 0.230 e. The summed E-state index contributed by atoms with van der Waals surface area (Å²) in [6.45, 7) is 0. The van der Waals surface area contributed by atoms with E-state index in [-0.39, 0.29) is 17.4 Å². The van der Waals surface area contributed by atoms with Gasteiger partial charge in [0.25, 0.3) is 0 Å². The fraction of sp³-hybridized carbons (Fsp3) is 0.467. The van der Waals surface area contributed by atoms with E-state index in [0.29, 0.717) is 18.1 Å². The number of hydrogen-bond acceptors (Lipinski definition) is 5. The van der Waals surface area contributed by atoms with Crippen molar-refractivity contribution >= 4 is 9.84 Å². The van der Waals surface area contributed by atoms with Gasteiger partial charge in [-0.05, 0) is 24.8 Å². The molecule has 0 radical (unpaired) electrons. The fourth-order valence-electron chi connectivity index (χ4n) is 2.62. The zero-order valence-electron chi connectivity index (χ0n) is 11.7. The van der Waals surface area contributed by atoms with Crippen LogP contribution in [0, 0.1) is 0 Å². The molecule has 1 aliphatic rings. The van der Waals surface area contributed by atoms with E-state index in [9.17, 15) is 8.42 Å². The minimum atomic E-state index is -2.92. The molecule has 1 fully saturated rings. The number of nitrogens with zero attached hydrogens (tertiary/aromatic N) is 2. The first-order chi connectivity index (χ1) is 10.1. The van der Waals surface area contributed by atoms with Crippen LogP contribution in [0.15, 0.2) is 34.9 Å². The van der Waals surface area contributed by atoms with Crippen LogP contribution in [0.1, 0.15) is 36.0 Å². The molecule has 0 saturated carbocycles. The van der Waals surface area contributed by atoms with E-state index in [1.807, 2.05) is 18.2 Å². The monoisotopic (exact) mass is 306 g/mol. The van der Waals surface area contributed by atoms with Crippen LogP contribution in [0.2, 0.25) is 0 Å². The predicted molar refractivity (Wildman–Crippen MR) is 78.8 cm³/mol. The first-order valence-electron chi connectivity index (χ1n) is 7.19. The fourth-order valence-corrected chi connectivity index (χ4v) is 4.35. The van der Waals surface area contributed by atoms with E-state index in [4.69, 9.17) is 4.52 Å². The minimum absolute atomic E-state index is 0.120. The summed E-state index contributed by atoms with van der Waals surface area (Å²) in [5.74, 6) is 1.39. The van der Waals surface area contributed by atoms with Crippen molar-refractivity contribution in [2.24, 2.45) is 0 Å². The number of rotatable bonds is 5. The molecular weight excluding hydrogens is 288 g/mol. The molecule has 1 saturated heterocycles. The van der Waals surface area contributed by atoms with Gasteiger partial charge in [-0.1, -0.05) is 35.5 Å². The van der Waals surface area contributed by atoms with Crippen molar-refractivity contribution in [1.82, 2.24) is 10.1 Å². The van der Waals surface area contributed by atoms with E-state index in [1.54, 1.807) is 0 Å². The maximum absolute atomic E-state index is 11.5. The van der Waals surface area contributed by atoms with Crippen LogP contribution in [0.4, 0.5) is 0 Å². The molecule has 1 aliphatic heterocycles. The Balaban J connectivity index is 1.54. The average molecular weight is 306 g/mol. The third-order valence-electron chi connectivity index (χ3n) is 3.77. The first-order valence-corrected chi connectivity index (χ1v) is 9.01. The van der Waals surface area contributed by atoms with Gasteiger partial charge in [-0.15, -0.1) is 0 Å². The maximum atomic E-state index is 11.5. The molecule has 0 aliphatic carbocycles. The van der Waals surface area contributed by atoms with Crippen LogP contribution < -0.4 is 0 Å². The van der Waals surface area contributed by atoms with Gasteiger partial charge in [0, 0.05) is 6.42 Å². The van der Waals surface area contributed by atoms with Gasteiger partial charge in [0.1, 0.15) is 0 Å². The van der Waals surface area contributed by atoms with E-state index >= 15 is 0 Å². The number of benzene rings is 1. The highest BCUT2D eigenvalue weighted by molar-refractivity contribution is 7.91.